The number of carboxylic acid groups (broad SMARTS) is 1. The Balaban J connectivity index is 1.61. The van der Waals surface area contributed by atoms with E-state index >= 15 is 0 Å². The first-order chi connectivity index (χ1) is 31.7. The lowest BCUT2D eigenvalue weighted by molar-refractivity contribution is -0.384. The summed E-state index contributed by atoms with van der Waals surface area (Å²) in [5.74, 6) is -0.933. The number of non-ortho nitro benzene ring substituents is 1. The molecule has 2 heterocycles. The number of nitrogens with zero attached hydrogens (tertiary/aromatic N) is 1. The number of nitro groups is 1. The van der Waals surface area contributed by atoms with Gasteiger partial charge in [-0.25, -0.2) is 19.2 Å². The maximum absolute atomic E-state index is 13.6. The summed E-state index contributed by atoms with van der Waals surface area (Å²) in [6, 6.07) is 0.502. The van der Waals surface area contributed by atoms with Gasteiger partial charge in [-0.2, -0.15) is 0 Å². The summed E-state index contributed by atoms with van der Waals surface area (Å²) in [6.07, 6.45) is -15.0. The molecule has 5 amide bonds. The average Bonchev–Trinajstić information content (AvgIpc) is 3.22. The molecule has 0 radical (unpaired) electrons. The van der Waals surface area contributed by atoms with Crippen LogP contribution in [0.25, 0.3) is 0 Å². The molecule has 1 saturated heterocycles. The zero-order valence-electron chi connectivity index (χ0n) is 39.1. The van der Waals surface area contributed by atoms with Crippen molar-refractivity contribution in [2.45, 2.75) is 158 Å². The SMILES string of the molecule is CN[C@@H]1[C@@H](O)[C@@H](O[C@@H]2[C@@H](O)[C@H](O[C@H]3OC(CNC(=O)OCc4ccc([N+](=O)[O-])cc4)=CC[C@H]3NC(=O)O)[C@@H](NC(=O)OC(C)(C)C)C[C@H]2NC(=O)C(O)CCNC(=O)OC(C)(C)C)OC[C@]1(C)O. The number of hydrogen-bond acceptors (Lipinski definition) is 19. The number of carbonyl (C=O) groups excluding carboxylic acids is 4. The molecule has 26 nitrogen and oxygen atoms in total. The first-order valence-corrected chi connectivity index (χ1v) is 21.8. The van der Waals surface area contributed by atoms with Gasteiger partial charge in [0.15, 0.2) is 6.29 Å². The molecule has 4 rings (SSSR count). The van der Waals surface area contributed by atoms with Crippen LogP contribution in [0, 0.1) is 10.1 Å². The number of benzene rings is 1. The standard InChI is InChI=1S/C42H65N7O19/c1-40(2,3)67-38(57)44-16-15-27(50)33(53)46-25-17-26(48-39(58)68-41(4,5)6)31(28(51)30(25)66-35-29(52)32(43-8)42(7,59)20-63-35)65-34-24(47-36(54)55)14-13-23(64-34)18-45-37(56)62-19-21-9-11-22(12-10-21)49(60)61/h9-13,24-32,34-35,43,47,50-52,59H,14-20H2,1-8H3,(H,44,57)(H,45,56)(H,46,53)(H,48,58)(H,54,55)/t24-,25-,26+,27?,28-,29-,30+,31-,32-,34-,35-,42+/m1/s1. The molecule has 1 unspecified atom stereocenters. The molecule has 11 N–H and O–H groups in total. The van der Waals surface area contributed by atoms with Crippen molar-refractivity contribution in [3.8, 4) is 0 Å². The molecule has 382 valence electrons. The lowest BCUT2D eigenvalue weighted by Crippen LogP contribution is -2.70. The Morgan fingerprint density at radius 2 is 1.47 bits per heavy atom. The first kappa shape index (κ1) is 55.0. The molecule has 1 aromatic carbocycles. The Morgan fingerprint density at radius 3 is 2.06 bits per heavy atom. The van der Waals surface area contributed by atoms with Crippen molar-refractivity contribution in [2.75, 3.05) is 26.7 Å². The van der Waals surface area contributed by atoms with Gasteiger partial charge in [0.1, 0.15) is 59.7 Å². The number of nitrogens with one attached hydrogen (secondary N) is 6. The Labute approximate surface area is 391 Å². The van der Waals surface area contributed by atoms with Crippen LogP contribution in [0.2, 0.25) is 0 Å². The van der Waals surface area contributed by atoms with Crippen LogP contribution in [-0.4, -0.2) is 172 Å². The van der Waals surface area contributed by atoms with Crippen LogP contribution in [0.1, 0.15) is 73.3 Å². The van der Waals surface area contributed by atoms with Crippen LogP contribution >= 0.6 is 0 Å². The number of carbonyl (C=O) groups is 5. The van der Waals surface area contributed by atoms with Gasteiger partial charge in [-0.15, -0.1) is 0 Å². The first-order valence-electron chi connectivity index (χ1n) is 21.8. The predicted molar refractivity (Wildman–Crippen MR) is 233 cm³/mol. The highest BCUT2D eigenvalue weighted by Gasteiger charge is 2.53. The Hall–Kier alpha value is -5.61. The molecule has 3 aliphatic rings. The number of amides is 5. The summed E-state index contributed by atoms with van der Waals surface area (Å²) in [5, 5.41) is 81.4. The summed E-state index contributed by atoms with van der Waals surface area (Å²) in [5.41, 5.74) is -3.12. The number of nitro benzene ring substituents is 1. The third-order valence-corrected chi connectivity index (χ3v) is 10.5. The maximum Gasteiger partial charge on any atom is 0.407 e. The third-order valence-electron chi connectivity index (χ3n) is 10.5. The minimum absolute atomic E-state index is 0.0599. The van der Waals surface area contributed by atoms with Gasteiger partial charge in [-0.3, -0.25) is 14.9 Å². The van der Waals surface area contributed by atoms with Gasteiger partial charge in [0.2, 0.25) is 12.2 Å². The lowest BCUT2D eigenvalue weighted by atomic mass is 9.82. The van der Waals surface area contributed by atoms with E-state index in [1.54, 1.807) is 41.5 Å². The van der Waals surface area contributed by atoms with E-state index in [0.29, 0.717) is 5.56 Å². The largest absolute Gasteiger partial charge is 0.465 e. The summed E-state index contributed by atoms with van der Waals surface area (Å²) in [4.78, 5) is 74.2. The molecular weight excluding hydrogens is 906 g/mol. The van der Waals surface area contributed by atoms with Crippen molar-refractivity contribution >= 4 is 36.0 Å². The summed E-state index contributed by atoms with van der Waals surface area (Å²) in [7, 11) is 1.48. The number of aliphatic hydroxyl groups excluding tert-OH is 3. The molecule has 12 atom stereocenters. The second-order valence-electron chi connectivity index (χ2n) is 18.6. The number of aliphatic hydroxyl groups is 4. The predicted octanol–water partition coefficient (Wildman–Crippen LogP) is 0.333. The molecule has 0 spiro atoms. The van der Waals surface area contributed by atoms with Crippen LogP contribution in [0.3, 0.4) is 0 Å². The number of likely N-dealkylation sites (N-methyl/N-ethyl adjacent to an activating group) is 1. The van der Waals surface area contributed by atoms with E-state index in [-0.39, 0.29) is 57.0 Å². The fourth-order valence-corrected chi connectivity index (χ4v) is 7.45. The number of rotatable bonds is 17. The Bertz CT molecular complexity index is 1940. The second kappa shape index (κ2) is 23.6. The lowest BCUT2D eigenvalue weighted by Gasteiger charge is -2.49. The highest BCUT2D eigenvalue weighted by Crippen LogP contribution is 2.33. The van der Waals surface area contributed by atoms with E-state index in [1.165, 1.54) is 44.3 Å². The highest BCUT2D eigenvalue weighted by atomic mass is 16.7. The Morgan fingerprint density at radius 1 is 0.868 bits per heavy atom. The van der Waals surface area contributed by atoms with E-state index in [0.717, 1.165) is 0 Å². The molecule has 68 heavy (non-hydrogen) atoms. The number of hydrogen-bond donors (Lipinski definition) is 11. The molecule has 0 aromatic heterocycles. The summed E-state index contributed by atoms with van der Waals surface area (Å²) in [6.45, 7) is 10.1. The molecule has 26 heteroatoms. The van der Waals surface area contributed by atoms with Gasteiger partial charge in [-0.1, -0.05) is 0 Å². The number of alkyl carbamates (subject to hydrolysis) is 3. The van der Waals surface area contributed by atoms with Crippen molar-refractivity contribution < 1.29 is 87.6 Å². The van der Waals surface area contributed by atoms with Gasteiger partial charge in [0, 0.05) is 18.7 Å². The minimum Gasteiger partial charge on any atom is -0.465 e. The van der Waals surface area contributed by atoms with E-state index in [1.807, 2.05) is 0 Å². The number of ether oxygens (including phenoxy) is 7. The fraction of sp³-hybridized carbons (Fsp3) is 0.690. The van der Waals surface area contributed by atoms with E-state index in [2.05, 4.69) is 31.9 Å². The summed E-state index contributed by atoms with van der Waals surface area (Å²) < 4.78 is 40.2. The zero-order valence-corrected chi connectivity index (χ0v) is 39.1. The van der Waals surface area contributed by atoms with Crippen molar-refractivity contribution in [1.29, 1.82) is 0 Å². The second-order valence-corrected chi connectivity index (χ2v) is 18.6. The van der Waals surface area contributed by atoms with Gasteiger partial charge in [0.25, 0.3) is 5.69 Å². The van der Waals surface area contributed by atoms with E-state index in [9.17, 15) is 59.6 Å². The van der Waals surface area contributed by atoms with Crippen LogP contribution in [0.4, 0.5) is 24.9 Å². The van der Waals surface area contributed by atoms with E-state index in [4.69, 9.17) is 33.2 Å². The van der Waals surface area contributed by atoms with Crippen molar-refractivity contribution in [2.24, 2.45) is 0 Å². The smallest absolute Gasteiger partial charge is 0.407 e. The van der Waals surface area contributed by atoms with Crippen molar-refractivity contribution in [3.05, 3.63) is 51.8 Å². The van der Waals surface area contributed by atoms with Gasteiger partial charge < -0.3 is 90.6 Å². The molecule has 2 aliphatic heterocycles. The molecule has 2 fully saturated rings. The van der Waals surface area contributed by atoms with Gasteiger partial charge >= 0.3 is 24.4 Å². The zero-order chi connectivity index (χ0) is 50.7. The topological polar surface area (TPSA) is 366 Å². The van der Waals surface area contributed by atoms with Crippen LogP contribution in [-0.2, 0) is 44.6 Å². The molecule has 1 aromatic rings. The minimum atomic E-state index is -1.91. The van der Waals surface area contributed by atoms with Crippen LogP contribution < -0.4 is 31.9 Å². The quantitative estimate of drug-likeness (QED) is 0.0569. The monoisotopic (exact) mass is 971 g/mol. The molecule has 1 aliphatic carbocycles. The third kappa shape index (κ3) is 16.6. The average molecular weight is 972 g/mol. The maximum atomic E-state index is 13.6. The molecular formula is C42H65N7O19. The van der Waals surface area contributed by atoms with E-state index < -0.39 is 119 Å². The van der Waals surface area contributed by atoms with Crippen LogP contribution in [0.15, 0.2) is 36.1 Å². The van der Waals surface area contributed by atoms with Crippen LogP contribution in [0.5, 0.6) is 0 Å². The molecule has 0 bridgehead atoms. The fourth-order valence-electron chi connectivity index (χ4n) is 7.45. The molecule has 1 saturated carbocycles. The van der Waals surface area contributed by atoms with Gasteiger partial charge in [0.05, 0.1) is 42.2 Å². The Kier molecular flexibility index (Phi) is 19.1. The highest BCUT2D eigenvalue weighted by molar-refractivity contribution is 5.81. The van der Waals surface area contributed by atoms with Crippen molar-refractivity contribution in [1.82, 2.24) is 31.9 Å². The normalized spacial score (nSPS) is 28.9. The summed E-state index contributed by atoms with van der Waals surface area (Å²) >= 11 is 0. The van der Waals surface area contributed by atoms with Crippen molar-refractivity contribution in [3.63, 3.8) is 0 Å². The van der Waals surface area contributed by atoms with Gasteiger partial charge in [-0.05, 0) is 98.5 Å².